The smallest absolute Gasteiger partial charge is 0.185 e. The summed E-state index contributed by atoms with van der Waals surface area (Å²) in [6.45, 7) is 9.58. The van der Waals surface area contributed by atoms with Gasteiger partial charge in [0.25, 0.3) is 0 Å². The second kappa shape index (κ2) is 5.86. The summed E-state index contributed by atoms with van der Waals surface area (Å²) in [6, 6.07) is 0.163. The highest BCUT2D eigenvalue weighted by atomic mass is 32.1. The van der Waals surface area contributed by atoms with Gasteiger partial charge in [0.2, 0.25) is 0 Å². The normalized spacial score (nSPS) is 25.9. The molecule has 1 aliphatic heterocycles. The van der Waals surface area contributed by atoms with Crippen molar-refractivity contribution in [1.82, 2.24) is 4.98 Å². The Morgan fingerprint density at radius 3 is 2.76 bits per heavy atom. The lowest BCUT2D eigenvalue weighted by Gasteiger charge is -2.32. The third kappa shape index (κ3) is 3.25. The molecule has 1 fully saturated rings. The van der Waals surface area contributed by atoms with E-state index in [-0.39, 0.29) is 11.5 Å². The van der Waals surface area contributed by atoms with Gasteiger partial charge in [0, 0.05) is 30.6 Å². The van der Waals surface area contributed by atoms with Gasteiger partial charge in [-0.05, 0) is 38.0 Å². The van der Waals surface area contributed by atoms with Crippen LogP contribution in [0.25, 0.3) is 0 Å². The summed E-state index contributed by atoms with van der Waals surface area (Å²) >= 11 is 1.81. The molecule has 1 atom stereocenters. The molecule has 21 heavy (non-hydrogen) atoms. The summed E-state index contributed by atoms with van der Waals surface area (Å²) in [6.07, 6.45) is 4.77. The molecule has 0 amide bonds. The molecule has 5 heteroatoms. The average molecular weight is 309 g/mol. The minimum atomic E-state index is 0.163. The number of rotatable bonds is 3. The molecule has 4 nitrogen and oxygen atoms in total. The first-order valence-electron chi connectivity index (χ1n) is 8.10. The predicted molar refractivity (Wildman–Crippen MR) is 88.0 cm³/mol. The zero-order valence-electron chi connectivity index (χ0n) is 13.4. The summed E-state index contributed by atoms with van der Waals surface area (Å²) < 4.78 is 5.73. The highest BCUT2D eigenvalue weighted by Gasteiger charge is 2.34. The van der Waals surface area contributed by atoms with Crippen molar-refractivity contribution < 1.29 is 4.74 Å². The Bertz CT molecular complexity index is 492. The van der Waals surface area contributed by atoms with E-state index in [4.69, 9.17) is 15.5 Å². The molecule has 1 saturated heterocycles. The number of hydrogen-bond donors (Lipinski definition) is 1. The van der Waals surface area contributed by atoms with Gasteiger partial charge in [0.05, 0.1) is 11.8 Å². The van der Waals surface area contributed by atoms with E-state index in [1.807, 2.05) is 11.3 Å². The molecule has 2 heterocycles. The van der Waals surface area contributed by atoms with Crippen molar-refractivity contribution in [2.75, 3.05) is 24.6 Å². The summed E-state index contributed by atoms with van der Waals surface area (Å²) in [5.74, 6) is 0. The van der Waals surface area contributed by atoms with Crippen LogP contribution in [0.2, 0.25) is 0 Å². The van der Waals surface area contributed by atoms with Crippen molar-refractivity contribution in [2.24, 2.45) is 11.1 Å². The molecule has 0 radical (unpaired) electrons. The number of nitrogens with zero attached hydrogens (tertiary/aromatic N) is 2. The quantitative estimate of drug-likeness (QED) is 0.932. The van der Waals surface area contributed by atoms with Gasteiger partial charge in [-0.25, -0.2) is 4.98 Å². The Kier molecular flexibility index (Phi) is 4.26. The number of aromatic nitrogens is 1. The average Bonchev–Trinajstić information content (AvgIpc) is 2.82. The first kappa shape index (κ1) is 15.3. The maximum atomic E-state index is 6.36. The number of ether oxygens (including phenoxy) is 1. The Hall–Kier alpha value is -0.650. The molecule has 2 N–H and O–H groups in total. The van der Waals surface area contributed by atoms with Gasteiger partial charge < -0.3 is 15.4 Å². The van der Waals surface area contributed by atoms with Gasteiger partial charge >= 0.3 is 0 Å². The van der Waals surface area contributed by atoms with Crippen molar-refractivity contribution in [3.63, 3.8) is 0 Å². The fraction of sp³-hybridized carbons (Fsp3) is 0.812. The maximum absolute atomic E-state index is 6.36. The van der Waals surface area contributed by atoms with Crippen LogP contribution >= 0.6 is 11.3 Å². The number of thiazole rings is 1. The monoisotopic (exact) mass is 309 g/mol. The van der Waals surface area contributed by atoms with Crippen LogP contribution in [0.5, 0.6) is 0 Å². The minimum Gasteiger partial charge on any atom is -0.378 e. The van der Waals surface area contributed by atoms with Crippen LogP contribution < -0.4 is 10.6 Å². The molecule has 1 unspecified atom stereocenters. The van der Waals surface area contributed by atoms with Crippen molar-refractivity contribution in [2.45, 2.75) is 58.6 Å². The van der Waals surface area contributed by atoms with Gasteiger partial charge in [0.15, 0.2) is 5.13 Å². The fourth-order valence-electron chi connectivity index (χ4n) is 3.57. The van der Waals surface area contributed by atoms with E-state index < -0.39 is 0 Å². The fourth-order valence-corrected chi connectivity index (χ4v) is 4.70. The van der Waals surface area contributed by atoms with Gasteiger partial charge in [-0.15, -0.1) is 0 Å². The van der Waals surface area contributed by atoms with Crippen molar-refractivity contribution in [3.05, 3.63) is 10.6 Å². The summed E-state index contributed by atoms with van der Waals surface area (Å²) in [7, 11) is 0. The van der Waals surface area contributed by atoms with E-state index in [0.29, 0.717) is 6.10 Å². The highest BCUT2D eigenvalue weighted by molar-refractivity contribution is 7.15. The van der Waals surface area contributed by atoms with E-state index >= 15 is 0 Å². The largest absolute Gasteiger partial charge is 0.378 e. The van der Waals surface area contributed by atoms with E-state index in [1.165, 1.54) is 15.7 Å². The van der Waals surface area contributed by atoms with Crippen molar-refractivity contribution in [3.8, 4) is 0 Å². The number of nitrogens with two attached hydrogens (primary N) is 1. The molecule has 1 aliphatic carbocycles. The predicted octanol–water partition coefficient (Wildman–Crippen LogP) is 3.12. The van der Waals surface area contributed by atoms with E-state index in [0.717, 1.165) is 45.4 Å². The number of piperidine rings is 1. The Labute approximate surface area is 131 Å². The lowest BCUT2D eigenvalue weighted by molar-refractivity contribution is 0.0459. The molecule has 3 rings (SSSR count). The van der Waals surface area contributed by atoms with Gasteiger partial charge in [-0.3, -0.25) is 0 Å². The molecule has 0 spiro atoms. The molecule has 1 aromatic heterocycles. The van der Waals surface area contributed by atoms with Crippen LogP contribution in [0.15, 0.2) is 0 Å². The first-order chi connectivity index (χ1) is 9.98. The van der Waals surface area contributed by atoms with Crippen LogP contribution in [0.3, 0.4) is 0 Å². The number of anilines is 1. The third-order valence-corrected chi connectivity index (χ3v) is 5.88. The van der Waals surface area contributed by atoms with Gasteiger partial charge in [-0.1, -0.05) is 25.2 Å². The second-order valence-electron chi connectivity index (χ2n) is 7.10. The molecule has 1 aromatic rings. The zero-order chi connectivity index (χ0) is 15.0. The maximum Gasteiger partial charge on any atom is 0.185 e. The van der Waals surface area contributed by atoms with E-state index in [9.17, 15) is 0 Å². The van der Waals surface area contributed by atoms with Crippen LogP contribution in [0.4, 0.5) is 5.13 Å². The van der Waals surface area contributed by atoms with Crippen LogP contribution in [-0.2, 0) is 11.2 Å². The SMILES string of the molecule is CCOC1CCN(c2nc3c(s2)C(N)CC(C)(C)C3)CC1. The molecule has 0 saturated carbocycles. The zero-order valence-corrected chi connectivity index (χ0v) is 14.2. The van der Waals surface area contributed by atoms with E-state index in [1.54, 1.807) is 0 Å². The third-order valence-electron chi connectivity index (χ3n) is 4.59. The summed E-state index contributed by atoms with van der Waals surface area (Å²) in [5.41, 5.74) is 7.88. The first-order valence-corrected chi connectivity index (χ1v) is 8.92. The lowest BCUT2D eigenvalue weighted by Crippen LogP contribution is -2.37. The van der Waals surface area contributed by atoms with Crippen LogP contribution in [0.1, 0.15) is 56.6 Å². The number of hydrogen-bond acceptors (Lipinski definition) is 5. The second-order valence-corrected chi connectivity index (χ2v) is 8.11. The molecule has 0 bridgehead atoms. The van der Waals surface area contributed by atoms with Gasteiger partial charge in [0.1, 0.15) is 0 Å². The summed E-state index contributed by atoms with van der Waals surface area (Å²) in [5, 5.41) is 1.17. The number of fused-ring (bicyclic) bond motifs is 1. The van der Waals surface area contributed by atoms with E-state index in [2.05, 4.69) is 25.7 Å². The Balaban J connectivity index is 1.71. The van der Waals surface area contributed by atoms with Crippen LogP contribution in [-0.4, -0.2) is 30.8 Å². The molecular formula is C16H27N3OS. The highest BCUT2D eigenvalue weighted by Crippen LogP contribution is 2.43. The summed E-state index contributed by atoms with van der Waals surface area (Å²) in [4.78, 5) is 8.65. The molecule has 2 aliphatic rings. The Morgan fingerprint density at radius 1 is 1.38 bits per heavy atom. The Morgan fingerprint density at radius 2 is 2.10 bits per heavy atom. The van der Waals surface area contributed by atoms with Crippen LogP contribution in [0, 0.1) is 5.41 Å². The van der Waals surface area contributed by atoms with Crippen molar-refractivity contribution >= 4 is 16.5 Å². The standard InChI is InChI=1S/C16H27N3OS/c1-4-20-11-5-7-19(8-6-11)15-18-13-10-16(2,3)9-12(17)14(13)21-15/h11-12H,4-10,17H2,1-3H3. The topological polar surface area (TPSA) is 51.4 Å². The molecule has 0 aromatic carbocycles. The van der Waals surface area contributed by atoms with Crippen molar-refractivity contribution in [1.29, 1.82) is 0 Å². The molecule has 118 valence electrons. The lowest BCUT2D eigenvalue weighted by atomic mass is 9.77. The minimum absolute atomic E-state index is 0.163. The van der Waals surface area contributed by atoms with Gasteiger partial charge in [-0.2, -0.15) is 0 Å². The molecular weight excluding hydrogens is 282 g/mol.